The van der Waals surface area contributed by atoms with Crippen molar-refractivity contribution in [3.8, 4) is 11.1 Å². The second kappa shape index (κ2) is 7.73. The lowest BCUT2D eigenvalue weighted by molar-refractivity contribution is 0.198. The number of nitrogens with zero attached hydrogens (tertiary/aromatic N) is 2. The number of methoxy groups -OCH3 is 1. The average Bonchev–Trinajstić information content (AvgIpc) is 3.03. The van der Waals surface area contributed by atoms with Crippen LogP contribution in [0.3, 0.4) is 0 Å². The van der Waals surface area contributed by atoms with Crippen LogP contribution in [0.25, 0.3) is 21.3 Å². The van der Waals surface area contributed by atoms with Gasteiger partial charge in [-0.2, -0.15) is 0 Å². The second-order valence-electron chi connectivity index (χ2n) is 6.10. The van der Waals surface area contributed by atoms with Gasteiger partial charge < -0.3 is 10.1 Å². The topological polar surface area (TPSA) is 47.0 Å². The first-order valence-corrected chi connectivity index (χ1v) is 9.14. The summed E-state index contributed by atoms with van der Waals surface area (Å²) in [4.78, 5) is 9.89. The van der Waals surface area contributed by atoms with Crippen molar-refractivity contribution in [2.45, 2.75) is 26.2 Å². The van der Waals surface area contributed by atoms with E-state index in [-0.39, 0.29) is 0 Å². The van der Waals surface area contributed by atoms with Crippen LogP contribution in [0.2, 0.25) is 0 Å². The summed E-state index contributed by atoms with van der Waals surface area (Å²) < 4.78 is 5.11. The van der Waals surface area contributed by atoms with E-state index in [0.29, 0.717) is 5.92 Å². The molecule has 0 atom stereocenters. The molecule has 2 heterocycles. The van der Waals surface area contributed by atoms with Crippen molar-refractivity contribution < 1.29 is 4.74 Å². The summed E-state index contributed by atoms with van der Waals surface area (Å²) in [5.74, 6) is 1.44. The fourth-order valence-electron chi connectivity index (χ4n) is 2.69. The van der Waals surface area contributed by atoms with E-state index in [1.165, 1.54) is 16.7 Å². The molecule has 0 radical (unpaired) electrons. The number of hydrogen-bond donors (Lipinski definition) is 1. The molecule has 1 N–H and O–H groups in total. The van der Waals surface area contributed by atoms with Crippen molar-refractivity contribution in [1.82, 2.24) is 9.97 Å². The van der Waals surface area contributed by atoms with Gasteiger partial charge in [0.05, 0.1) is 5.39 Å². The molecule has 126 valence electrons. The van der Waals surface area contributed by atoms with Crippen molar-refractivity contribution in [3.63, 3.8) is 0 Å². The standard InChI is InChI=1S/C19H23N3OS/c1-13(2)14-5-7-15(8-6-14)16-11-24-19-17(16)18(21-12-22-19)20-9-4-10-23-3/h5-8,11-13H,4,9-10H2,1-3H3,(H,20,21,22). The zero-order valence-electron chi connectivity index (χ0n) is 14.4. The van der Waals surface area contributed by atoms with Gasteiger partial charge in [0.1, 0.15) is 17.0 Å². The summed E-state index contributed by atoms with van der Waals surface area (Å²) >= 11 is 1.66. The number of anilines is 1. The SMILES string of the molecule is COCCCNc1ncnc2scc(-c3ccc(C(C)C)cc3)c12. The maximum atomic E-state index is 5.11. The first-order valence-electron chi connectivity index (χ1n) is 8.26. The highest BCUT2D eigenvalue weighted by molar-refractivity contribution is 7.17. The highest BCUT2D eigenvalue weighted by atomic mass is 32.1. The van der Waals surface area contributed by atoms with Gasteiger partial charge in [0.2, 0.25) is 0 Å². The molecule has 0 amide bonds. The van der Waals surface area contributed by atoms with E-state index in [4.69, 9.17) is 4.74 Å². The summed E-state index contributed by atoms with van der Waals surface area (Å²) in [5, 5.41) is 6.70. The maximum absolute atomic E-state index is 5.11. The van der Waals surface area contributed by atoms with Gasteiger partial charge in [-0.1, -0.05) is 38.1 Å². The van der Waals surface area contributed by atoms with Gasteiger partial charge in [-0.15, -0.1) is 11.3 Å². The Morgan fingerprint density at radius 1 is 1.17 bits per heavy atom. The molecule has 0 aliphatic rings. The first-order chi connectivity index (χ1) is 11.7. The van der Waals surface area contributed by atoms with E-state index in [9.17, 15) is 0 Å². The highest BCUT2D eigenvalue weighted by Crippen LogP contribution is 2.36. The van der Waals surface area contributed by atoms with Crippen molar-refractivity contribution in [3.05, 3.63) is 41.5 Å². The lowest BCUT2D eigenvalue weighted by Crippen LogP contribution is -2.06. The Balaban J connectivity index is 1.93. The molecule has 0 fully saturated rings. The lowest BCUT2D eigenvalue weighted by Gasteiger charge is -2.09. The van der Waals surface area contributed by atoms with Crippen LogP contribution in [0.1, 0.15) is 31.7 Å². The predicted octanol–water partition coefficient (Wildman–Crippen LogP) is 4.93. The van der Waals surface area contributed by atoms with Crippen LogP contribution in [-0.2, 0) is 4.74 Å². The van der Waals surface area contributed by atoms with E-state index in [0.717, 1.165) is 35.6 Å². The normalized spacial score (nSPS) is 11.3. The third-order valence-corrected chi connectivity index (χ3v) is 4.96. The van der Waals surface area contributed by atoms with E-state index < -0.39 is 0 Å². The van der Waals surface area contributed by atoms with E-state index in [1.54, 1.807) is 24.8 Å². The van der Waals surface area contributed by atoms with Crippen LogP contribution in [0.5, 0.6) is 0 Å². The van der Waals surface area contributed by atoms with Crippen molar-refractivity contribution >= 4 is 27.4 Å². The molecule has 5 heteroatoms. The van der Waals surface area contributed by atoms with E-state index in [2.05, 4.69) is 58.8 Å². The van der Waals surface area contributed by atoms with Gasteiger partial charge in [0.15, 0.2) is 0 Å². The largest absolute Gasteiger partial charge is 0.385 e. The first kappa shape index (κ1) is 16.9. The second-order valence-corrected chi connectivity index (χ2v) is 6.96. The summed E-state index contributed by atoms with van der Waals surface area (Å²) in [7, 11) is 1.72. The summed E-state index contributed by atoms with van der Waals surface area (Å²) in [6.07, 6.45) is 2.58. The number of benzene rings is 1. The highest BCUT2D eigenvalue weighted by Gasteiger charge is 2.13. The predicted molar refractivity (Wildman–Crippen MR) is 102 cm³/mol. The smallest absolute Gasteiger partial charge is 0.138 e. The van der Waals surface area contributed by atoms with Crippen molar-refractivity contribution in [1.29, 1.82) is 0 Å². The Hall–Kier alpha value is -1.98. The molecule has 0 saturated carbocycles. The zero-order valence-corrected chi connectivity index (χ0v) is 15.2. The molecule has 0 aliphatic carbocycles. The molecule has 0 saturated heterocycles. The molecular formula is C19H23N3OS. The molecule has 0 unspecified atom stereocenters. The third kappa shape index (κ3) is 3.57. The fourth-order valence-corrected chi connectivity index (χ4v) is 3.61. The van der Waals surface area contributed by atoms with Gasteiger partial charge in [0.25, 0.3) is 0 Å². The van der Waals surface area contributed by atoms with Gasteiger partial charge in [-0.25, -0.2) is 9.97 Å². The molecule has 3 rings (SSSR count). The Kier molecular flexibility index (Phi) is 5.43. The number of ether oxygens (including phenoxy) is 1. The van der Waals surface area contributed by atoms with Gasteiger partial charge in [-0.05, 0) is 23.5 Å². The minimum absolute atomic E-state index is 0.541. The molecule has 2 aromatic heterocycles. The van der Waals surface area contributed by atoms with Crippen LogP contribution < -0.4 is 5.32 Å². The number of nitrogens with one attached hydrogen (secondary N) is 1. The molecule has 0 aliphatic heterocycles. The van der Waals surface area contributed by atoms with E-state index >= 15 is 0 Å². The van der Waals surface area contributed by atoms with E-state index in [1.807, 2.05) is 0 Å². The number of rotatable bonds is 7. The van der Waals surface area contributed by atoms with Crippen molar-refractivity contribution in [2.24, 2.45) is 0 Å². The molecule has 0 bridgehead atoms. The zero-order chi connectivity index (χ0) is 16.9. The number of hydrogen-bond acceptors (Lipinski definition) is 5. The Labute approximate surface area is 146 Å². The van der Waals surface area contributed by atoms with Gasteiger partial charge in [-0.3, -0.25) is 0 Å². The quantitative estimate of drug-likeness (QED) is 0.619. The van der Waals surface area contributed by atoms with Gasteiger partial charge >= 0.3 is 0 Å². The lowest BCUT2D eigenvalue weighted by atomic mass is 9.99. The number of fused-ring (bicyclic) bond motifs is 1. The molecule has 1 aromatic carbocycles. The molecule has 3 aromatic rings. The minimum Gasteiger partial charge on any atom is -0.385 e. The molecule has 4 nitrogen and oxygen atoms in total. The van der Waals surface area contributed by atoms with Crippen LogP contribution in [-0.4, -0.2) is 30.2 Å². The molecular weight excluding hydrogens is 318 g/mol. The fraction of sp³-hybridized carbons (Fsp3) is 0.368. The third-order valence-electron chi connectivity index (χ3n) is 4.08. The summed E-state index contributed by atoms with van der Waals surface area (Å²) in [6, 6.07) is 8.80. The average molecular weight is 341 g/mol. The molecule has 0 spiro atoms. The van der Waals surface area contributed by atoms with Crippen molar-refractivity contribution in [2.75, 3.05) is 25.6 Å². The summed E-state index contributed by atoms with van der Waals surface area (Å²) in [6.45, 7) is 6.01. The number of thiophene rings is 1. The maximum Gasteiger partial charge on any atom is 0.138 e. The van der Waals surface area contributed by atoms with Crippen LogP contribution >= 0.6 is 11.3 Å². The Bertz CT molecular complexity index is 796. The summed E-state index contributed by atoms with van der Waals surface area (Å²) in [5.41, 5.74) is 3.76. The monoisotopic (exact) mass is 341 g/mol. The van der Waals surface area contributed by atoms with Crippen LogP contribution in [0.4, 0.5) is 5.82 Å². The Morgan fingerprint density at radius 3 is 2.67 bits per heavy atom. The number of aromatic nitrogens is 2. The van der Waals surface area contributed by atoms with Crippen LogP contribution in [0.15, 0.2) is 36.0 Å². The van der Waals surface area contributed by atoms with Crippen LogP contribution in [0, 0.1) is 0 Å². The minimum atomic E-state index is 0.541. The van der Waals surface area contributed by atoms with Gasteiger partial charge in [0, 0.05) is 31.2 Å². The Morgan fingerprint density at radius 2 is 1.96 bits per heavy atom. The molecule has 24 heavy (non-hydrogen) atoms.